The van der Waals surface area contributed by atoms with E-state index in [0.29, 0.717) is 5.92 Å². The van der Waals surface area contributed by atoms with E-state index in [9.17, 15) is 0 Å². The molecule has 33 heavy (non-hydrogen) atoms. The highest BCUT2D eigenvalue weighted by Gasteiger charge is 2.22. The van der Waals surface area contributed by atoms with Gasteiger partial charge in [-0.05, 0) is 30.4 Å². The molecule has 0 bridgehead atoms. The van der Waals surface area contributed by atoms with Gasteiger partial charge in [0.25, 0.3) is 0 Å². The molecule has 0 amide bonds. The number of allylic oxidation sites excluding steroid dienone is 1. The van der Waals surface area contributed by atoms with Gasteiger partial charge in [-0.25, -0.2) is 9.97 Å². The molecular formula is C25H34N8. The van der Waals surface area contributed by atoms with Crippen LogP contribution in [0.3, 0.4) is 0 Å². The molecule has 2 aliphatic heterocycles. The largest absolute Gasteiger partial charge is 0.372 e. The Labute approximate surface area is 195 Å². The van der Waals surface area contributed by atoms with Crippen molar-refractivity contribution in [1.82, 2.24) is 30.0 Å². The number of H-pyrrole nitrogens is 1. The number of anilines is 2. The first-order chi connectivity index (χ1) is 16.1. The maximum absolute atomic E-state index is 4.57. The number of hydrogen-bond acceptors (Lipinski definition) is 7. The van der Waals surface area contributed by atoms with Crippen LogP contribution in [0.15, 0.2) is 42.9 Å². The third-order valence-corrected chi connectivity index (χ3v) is 6.85. The second-order valence-corrected chi connectivity index (χ2v) is 9.44. The fourth-order valence-corrected chi connectivity index (χ4v) is 4.97. The van der Waals surface area contributed by atoms with Gasteiger partial charge in [0, 0.05) is 58.1 Å². The third kappa shape index (κ3) is 4.66. The summed E-state index contributed by atoms with van der Waals surface area (Å²) in [7, 11) is 0. The van der Waals surface area contributed by atoms with Crippen LogP contribution in [0.25, 0.3) is 11.0 Å². The van der Waals surface area contributed by atoms with E-state index in [4.69, 9.17) is 0 Å². The summed E-state index contributed by atoms with van der Waals surface area (Å²) in [6.07, 6.45) is 2.79. The monoisotopic (exact) mass is 446 g/mol. The summed E-state index contributed by atoms with van der Waals surface area (Å²) >= 11 is 0. The van der Waals surface area contributed by atoms with Gasteiger partial charge >= 0.3 is 0 Å². The maximum Gasteiger partial charge on any atom is 0.174 e. The van der Waals surface area contributed by atoms with Gasteiger partial charge in [0.1, 0.15) is 17.4 Å². The normalized spacial score (nSPS) is 17.8. The molecule has 4 heterocycles. The number of piperazine rings is 1. The van der Waals surface area contributed by atoms with Gasteiger partial charge in [-0.3, -0.25) is 10.00 Å². The van der Waals surface area contributed by atoms with E-state index in [1.165, 1.54) is 11.1 Å². The molecule has 174 valence electrons. The highest BCUT2D eigenvalue weighted by molar-refractivity contribution is 5.93. The molecule has 0 aliphatic carbocycles. The second kappa shape index (κ2) is 9.39. The first-order valence-corrected chi connectivity index (χ1v) is 12.0. The Kier molecular flexibility index (Phi) is 6.17. The number of rotatable bonds is 7. The molecule has 2 aromatic heterocycles. The topological polar surface area (TPSA) is 76.2 Å². The predicted molar refractivity (Wildman–Crippen MR) is 133 cm³/mol. The van der Waals surface area contributed by atoms with Crippen molar-refractivity contribution in [3.63, 3.8) is 0 Å². The van der Waals surface area contributed by atoms with E-state index in [1.54, 1.807) is 6.33 Å². The first-order valence-electron chi connectivity index (χ1n) is 12.0. The summed E-state index contributed by atoms with van der Waals surface area (Å²) in [5.74, 6) is 2.24. The fourth-order valence-electron chi connectivity index (χ4n) is 4.97. The van der Waals surface area contributed by atoms with Crippen molar-refractivity contribution in [1.29, 1.82) is 0 Å². The number of aromatic amines is 1. The lowest BCUT2D eigenvalue weighted by molar-refractivity contribution is 0.224. The van der Waals surface area contributed by atoms with E-state index in [0.717, 1.165) is 87.1 Å². The number of benzene rings is 1. The molecule has 8 nitrogen and oxygen atoms in total. The standard InChI is InChI=1S/C25H34N8/c1-18(2)32-10-12-33(13-11-32)25-23-22(27-17-28-25)24(30-29-23)26-14-19(3)15-31-9-8-20-6-4-5-7-21(20)16-31/h4-7,17,19H,1,8-16H2,2-3H3,(H2,26,29,30). The number of nitrogens with one attached hydrogen (secondary N) is 2. The van der Waals surface area contributed by atoms with E-state index >= 15 is 0 Å². The molecule has 5 rings (SSSR count). The number of hydrogen-bond donors (Lipinski definition) is 2. The lowest BCUT2D eigenvalue weighted by atomic mass is 9.99. The highest BCUT2D eigenvalue weighted by atomic mass is 15.3. The fraction of sp³-hybridized carbons (Fsp3) is 0.480. The van der Waals surface area contributed by atoms with E-state index < -0.39 is 0 Å². The molecule has 1 aromatic carbocycles. The summed E-state index contributed by atoms with van der Waals surface area (Å²) in [4.78, 5) is 16.3. The minimum absolute atomic E-state index is 0.499. The molecule has 8 heteroatoms. The van der Waals surface area contributed by atoms with Crippen molar-refractivity contribution in [2.24, 2.45) is 5.92 Å². The first kappa shape index (κ1) is 21.7. The quantitative estimate of drug-likeness (QED) is 0.577. The van der Waals surface area contributed by atoms with Gasteiger partial charge in [0.2, 0.25) is 0 Å². The van der Waals surface area contributed by atoms with Crippen molar-refractivity contribution in [2.75, 3.05) is 56.0 Å². The van der Waals surface area contributed by atoms with Gasteiger partial charge in [-0.15, -0.1) is 0 Å². The van der Waals surface area contributed by atoms with Crippen LogP contribution in [0.5, 0.6) is 0 Å². The molecular weight excluding hydrogens is 412 g/mol. The van der Waals surface area contributed by atoms with E-state index in [-0.39, 0.29) is 0 Å². The van der Waals surface area contributed by atoms with Crippen LogP contribution in [-0.2, 0) is 13.0 Å². The van der Waals surface area contributed by atoms with Crippen LogP contribution in [-0.4, -0.2) is 75.8 Å². The molecule has 0 spiro atoms. The highest BCUT2D eigenvalue weighted by Crippen LogP contribution is 2.27. The van der Waals surface area contributed by atoms with Gasteiger partial charge in [-0.1, -0.05) is 37.8 Å². The summed E-state index contributed by atoms with van der Waals surface area (Å²) in [5.41, 5.74) is 5.86. The molecule has 1 saturated heterocycles. The van der Waals surface area contributed by atoms with Gasteiger partial charge in [-0.2, -0.15) is 5.10 Å². The maximum atomic E-state index is 4.57. The Balaban J connectivity index is 1.20. The smallest absolute Gasteiger partial charge is 0.174 e. The Morgan fingerprint density at radius 1 is 1.12 bits per heavy atom. The van der Waals surface area contributed by atoms with Crippen molar-refractivity contribution in [2.45, 2.75) is 26.8 Å². The van der Waals surface area contributed by atoms with Crippen LogP contribution in [0.4, 0.5) is 11.6 Å². The zero-order chi connectivity index (χ0) is 22.8. The minimum atomic E-state index is 0.499. The summed E-state index contributed by atoms with van der Waals surface area (Å²) in [6, 6.07) is 8.81. The van der Waals surface area contributed by atoms with E-state index in [2.05, 4.69) is 84.9 Å². The Hall–Kier alpha value is -3.13. The summed E-state index contributed by atoms with van der Waals surface area (Å²) < 4.78 is 0. The van der Waals surface area contributed by atoms with Crippen molar-refractivity contribution in [3.8, 4) is 0 Å². The van der Waals surface area contributed by atoms with Crippen LogP contribution in [0.2, 0.25) is 0 Å². The molecule has 1 unspecified atom stereocenters. The lowest BCUT2D eigenvalue weighted by Crippen LogP contribution is -2.45. The molecule has 2 aliphatic rings. The van der Waals surface area contributed by atoms with E-state index in [1.807, 2.05) is 0 Å². The molecule has 0 radical (unpaired) electrons. The molecule has 2 N–H and O–H groups in total. The summed E-state index contributed by atoms with van der Waals surface area (Å²) in [5, 5.41) is 11.3. The Bertz CT molecular complexity index is 1110. The van der Waals surface area contributed by atoms with Gasteiger partial charge < -0.3 is 15.1 Å². The number of nitrogens with zero attached hydrogens (tertiary/aromatic N) is 6. The average molecular weight is 447 g/mol. The van der Waals surface area contributed by atoms with Crippen LogP contribution in [0.1, 0.15) is 25.0 Å². The lowest BCUT2D eigenvalue weighted by Gasteiger charge is -2.36. The third-order valence-electron chi connectivity index (χ3n) is 6.85. The van der Waals surface area contributed by atoms with Gasteiger partial charge in [0.15, 0.2) is 11.6 Å². The zero-order valence-electron chi connectivity index (χ0n) is 19.7. The van der Waals surface area contributed by atoms with Crippen molar-refractivity contribution in [3.05, 3.63) is 54.0 Å². The number of fused-ring (bicyclic) bond motifs is 2. The molecule has 1 atom stereocenters. The Morgan fingerprint density at radius 3 is 2.70 bits per heavy atom. The summed E-state index contributed by atoms with van der Waals surface area (Å²) in [6.45, 7) is 16.3. The van der Waals surface area contributed by atoms with Gasteiger partial charge in [0.05, 0.1) is 0 Å². The second-order valence-electron chi connectivity index (χ2n) is 9.44. The van der Waals surface area contributed by atoms with Crippen LogP contribution in [0, 0.1) is 5.92 Å². The van der Waals surface area contributed by atoms with Crippen molar-refractivity contribution < 1.29 is 0 Å². The average Bonchev–Trinajstić information content (AvgIpc) is 3.26. The number of aromatic nitrogens is 4. The van der Waals surface area contributed by atoms with Crippen LogP contribution >= 0.6 is 0 Å². The molecule has 0 saturated carbocycles. The van der Waals surface area contributed by atoms with Crippen molar-refractivity contribution >= 4 is 22.7 Å². The Morgan fingerprint density at radius 2 is 1.91 bits per heavy atom. The zero-order valence-corrected chi connectivity index (χ0v) is 19.7. The minimum Gasteiger partial charge on any atom is -0.372 e. The van der Waals surface area contributed by atoms with Crippen LogP contribution < -0.4 is 10.2 Å². The predicted octanol–water partition coefficient (Wildman–Crippen LogP) is 3.11. The molecule has 3 aromatic rings. The molecule has 1 fully saturated rings. The SMILES string of the molecule is C=C(C)N1CCN(c2ncnc3c(NCC(C)CN4CCc5ccccc5C4)n[nH]c23)CC1.